The zero-order valence-electron chi connectivity index (χ0n) is 16.8. The second kappa shape index (κ2) is 7.93. The van der Waals surface area contributed by atoms with Gasteiger partial charge in [0.25, 0.3) is 0 Å². The Balaban J connectivity index is 1.84. The third kappa shape index (κ3) is 3.09. The van der Waals surface area contributed by atoms with Gasteiger partial charge in [-0.05, 0) is 54.8 Å². The molecule has 0 radical (unpaired) electrons. The molecule has 4 rings (SSSR count). The standard InChI is InChI=1S/C26H28N2/c1-4-19-28-24-13-9-7-11-22(24)26(23-12-8-10-14-25(23)28)20-15-17-21(18-16-20)27(5-2)6-3/h4,7-18,26H,1,5-6,19H2,2-3H3. The maximum absolute atomic E-state index is 3.97. The van der Waals surface area contributed by atoms with E-state index < -0.39 is 0 Å². The van der Waals surface area contributed by atoms with Gasteiger partial charge >= 0.3 is 0 Å². The van der Waals surface area contributed by atoms with Crippen molar-refractivity contribution in [2.24, 2.45) is 0 Å². The molecule has 0 aliphatic carbocycles. The smallest absolute Gasteiger partial charge is 0.0456 e. The summed E-state index contributed by atoms with van der Waals surface area (Å²) >= 11 is 0. The fourth-order valence-corrected chi connectivity index (χ4v) is 4.40. The molecule has 1 heterocycles. The topological polar surface area (TPSA) is 6.48 Å². The molecule has 3 aromatic rings. The molecule has 0 bridgehead atoms. The maximum atomic E-state index is 3.97. The van der Waals surface area contributed by atoms with Crippen molar-refractivity contribution in [3.8, 4) is 0 Å². The van der Waals surface area contributed by atoms with Crippen molar-refractivity contribution in [2.75, 3.05) is 29.4 Å². The highest BCUT2D eigenvalue weighted by Gasteiger charge is 2.30. The molecular weight excluding hydrogens is 340 g/mol. The molecule has 0 spiro atoms. The van der Waals surface area contributed by atoms with Crippen LogP contribution >= 0.6 is 0 Å². The lowest BCUT2D eigenvalue weighted by molar-refractivity contribution is 0.863. The second-order valence-corrected chi connectivity index (χ2v) is 7.21. The Kier molecular flexibility index (Phi) is 5.21. The van der Waals surface area contributed by atoms with Gasteiger partial charge in [0.2, 0.25) is 0 Å². The van der Waals surface area contributed by atoms with Crippen LogP contribution in [0.5, 0.6) is 0 Å². The van der Waals surface area contributed by atoms with E-state index >= 15 is 0 Å². The summed E-state index contributed by atoms with van der Waals surface area (Å²) in [5, 5.41) is 0. The minimum absolute atomic E-state index is 0.249. The highest BCUT2D eigenvalue weighted by molar-refractivity contribution is 5.78. The van der Waals surface area contributed by atoms with Gasteiger partial charge in [-0.25, -0.2) is 0 Å². The summed E-state index contributed by atoms with van der Waals surface area (Å²) in [5.74, 6) is 0.249. The van der Waals surface area contributed by atoms with Crippen LogP contribution in [-0.2, 0) is 0 Å². The zero-order chi connectivity index (χ0) is 19.5. The van der Waals surface area contributed by atoms with Gasteiger partial charge in [-0.1, -0.05) is 54.6 Å². The molecule has 2 heteroatoms. The molecule has 0 N–H and O–H groups in total. The van der Waals surface area contributed by atoms with Gasteiger partial charge in [-0.2, -0.15) is 0 Å². The van der Waals surface area contributed by atoms with Crippen molar-refractivity contribution in [1.82, 2.24) is 0 Å². The van der Waals surface area contributed by atoms with Gasteiger partial charge < -0.3 is 9.80 Å². The van der Waals surface area contributed by atoms with Crippen LogP contribution in [0.25, 0.3) is 0 Å². The summed E-state index contributed by atoms with van der Waals surface area (Å²) in [6.45, 7) is 11.3. The fourth-order valence-electron chi connectivity index (χ4n) is 4.40. The number of rotatable bonds is 6. The fraction of sp³-hybridized carbons (Fsp3) is 0.231. The third-order valence-electron chi connectivity index (χ3n) is 5.74. The Labute approximate surface area is 168 Å². The van der Waals surface area contributed by atoms with Crippen molar-refractivity contribution >= 4 is 17.1 Å². The molecule has 0 saturated heterocycles. The molecule has 142 valence electrons. The van der Waals surface area contributed by atoms with Crippen LogP contribution in [0.2, 0.25) is 0 Å². The van der Waals surface area contributed by atoms with Crippen LogP contribution in [0.4, 0.5) is 17.1 Å². The first-order valence-corrected chi connectivity index (χ1v) is 10.2. The van der Waals surface area contributed by atoms with Gasteiger partial charge in [0, 0.05) is 42.6 Å². The Morgan fingerprint density at radius 1 is 0.821 bits per heavy atom. The lowest BCUT2D eigenvalue weighted by Crippen LogP contribution is -2.26. The molecule has 0 fully saturated rings. The van der Waals surface area contributed by atoms with E-state index in [1.807, 2.05) is 6.08 Å². The number of nitrogens with zero attached hydrogens (tertiary/aromatic N) is 2. The first-order valence-electron chi connectivity index (χ1n) is 10.2. The predicted molar refractivity (Wildman–Crippen MR) is 121 cm³/mol. The Morgan fingerprint density at radius 3 is 1.86 bits per heavy atom. The van der Waals surface area contributed by atoms with E-state index in [1.54, 1.807) is 0 Å². The summed E-state index contributed by atoms with van der Waals surface area (Å²) in [6, 6.07) is 26.7. The number of benzene rings is 3. The third-order valence-corrected chi connectivity index (χ3v) is 5.74. The Bertz CT molecular complexity index is 907. The van der Waals surface area contributed by atoms with E-state index in [2.05, 4.69) is 103 Å². The molecule has 0 unspecified atom stereocenters. The number of anilines is 3. The summed E-state index contributed by atoms with van der Waals surface area (Å²) < 4.78 is 0. The van der Waals surface area contributed by atoms with E-state index in [0.717, 1.165) is 19.6 Å². The molecule has 28 heavy (non-hydrogen) atoms. The van der Waals surface area contributed by atoms with E-state index in [0.29, 0.717) is 0 Å². The van der Waals surface area contributed by atoms with Crippen molar-refractivity contribution in [3.63, 3.8) is 0 Å². The van der Waals surface area contributed by atoms with Gasteiger partial charge in [0.1, 0.15) is 0 Å². The second-order valence-electron chi connectivity index (χ2n) is 7.21. The van der Waals surface area contributed by atoms with E-state index in [-0.39, 0.29) is 5.92 Å². The van der Waals surface area contributed by atoms with Crippen LogP contribution in [0.15, 0.2) is 85.5 Å². The molecule has 1 aliphatic heterocycles. The molecule has 0 amide bonds. The highest BCUT2D eigenvalue weighted by atomic mass is 15.1. The quantitative estimate of drug-likeness (QED) is 0.468. The molecule has 3 aromatic carbocycles. The SMILES string of the molecule is C=CCN1c2ccccc2C(c2ccc(N(CC)CC)cc2)c2ccccc21. The maximum Gasteiger partial charge on any atom is 0.0456 e. The number of hydrogen-bond acceptors (Lipinski definition) is 2. The molecule has 0 saturated carbocycles. The summed E-state index contributed by atoms with van der Waals surface area (Å²) in [5.41, 5.74) is 7.91. The van der Waals surface area contributed by atoms with Crippen LogP contribution in [0, 0.1) is 0 Å². The van der Waals surface area contributed by atoms with Crippen molar-refractivity contribution in [1.29, 1.82) is 0 Å². The van der Waals surface area contributed by atoms with Crippen molar-refractivity contribution < 1.29 is 0 Å². The normalized spacial score (nSPS) is 13.0. The Hall–Kier alpha value is -3.00. The summed E-state index contributed by atoms with van der Waals surface area (Å²) in [6.07, 6.45) is 1.98. The molecule has 0 aromatic heterocycles. The van der Waals surface area contributed by atoms with Crippen LogP contribution in [0.3, 0.4) is 0 Å². The minimum atomic E-state index is 0.249. The van der Waals surface area contributed by atoms with Gasteiger partial charge in [0.15, 0.2) is 0 Å². The highest BCUT2D eigenvalue weighted by Crippen LogP contribution is 2.48. The predicted octanol–water partition coefficient (Wildman–Crippen LogP) is 6.35. The Morgan fingerprint density at radius 2 is 1.36 bits per heavy atom. The van der Waals surface area contributed by atoms with E-state index in [4.69, 9.17) is 0 Å². The van der Waals surface area contributed by atoms with E-state index in [1.165, 1.54) is 33.8 Å². The number of fused-ring (bicyclic) bond motifs is 2. The van der Waals surface area contributed by atoms with E-state index in [9.17, 15) is 0 Å². The largest absolute Gasteiger partial charge is 0.372 e. The average Bonchev–Trinajstić information content (AvgIpc) is 2.75. The zero-order valence-corrected chi connectivity index (χ0v) is 16.8. The lowest BCUT2D eigenvalue weighted by Gasteiger charge is -2.37. The molecule has 0 atom stereocenters. The van der Waals surface area contributed by atoms with Crippen LogP contribution in [-0.4, -0.2) is 19.6 Å². The first-order chi connectivity index (χ1) is 13.8. The minimum Gasteiger partial charge on any atom is -0.372 e. The van der Waals surface area contributed by atoms with Crippen LogP contribution in [0.1, 0.15) is 36.5 Å². The number of hydrogen-bond donors (Lipinski definition) is 0. The van der Waals surface area contributed by atoms with Crippen molar-refractivity contribution in [2.45, 2.75) is 19.8 Å². The summed E-state index contributed by atoms with van der Waals surface area (Å²) in [7, 11) is 0. The van der Waals surface area contributed by atoms with Gasteiger partial charge in [-0.15, -0.1) is 6.58 Å². The monoisotopic (exact) mass is 368 g/mol. The number of para-hydroxylation sites is 2. The lowest BCUT2D eigenvalue weighted by atomic mass is 9.80. The van der Waals surface area contributed by atoms with Crippen molar-refractivity contribution in [3.05, 3.63) is 102 Å². The van der Waals surface area contributed by atoms with Crippen LogP contribution < -0.4 is 9.80 Å². The van der Waals surface area contributed by atoms with Gasteiger partial charge in [-0.3, -0.25) is 0 Å². The molecule has 2 nitrogen and oxygen atoms in total. The molecular formula is C26H28N2. The molecule has 1 aliphatic rings. The van der Waals surface area contributed by atoms with Gasteiger partial charge in [0.05, 0.1) is 0 Å². The summed E-state index contributed by atoms with van der Waals surface area (Å²) in [4.78, 5) is 4.76. The first kappa shape index (κ1) is 18.4. The average molecular weight is 369 g/mol.